The Hall–Kier alpha value is -3.11. The minimum Gasteiger partial charge on any atom is -0.479 e. The highest BCUT2D eigenvalue weighted by molar-refractivity contribution is 7.17. The quantitative estimate of drug-likeness (QED) is 0.562. The summed E-state index contributed by atoms with van der Waals surface area (Å²) in [5, 5.41) is 3.98. The van der Waals surface area contributed by atoms with Gasteiger partial charge in [0.1, 0.15) is 12.3 Å². The fraction of sp³-hybridized carbons (Fsp3) is 0.318. The van der Waals surface area contributed by atoms with Gasteiger partial charge in [0, 0.05) is 17.4 Å². The number of aryl methyl sites for hydroxylation is 3. The highest BCUT2D eigenvalue weighted by atomic mass is 32.1. The van der Waals surface area contributed by atoms with Gasteiger partial charge in [0.25, 0.3) is 5.91 Å². The number of nitrogens with zero attached hydrogens (tertiary/aromatic N) is 3. The summed E-state index contributed by atoms with van der Waals surface area (Å²) in [4.78, 5) is 49.1. The summed E-state index contributed by atoms with van der Waals surface area (Å²) >= 11 is 2.72. The summed E-state index contributed by atoms with van der Waals surface area (Å²) < 4.78 is 5.76. The SMILES string of the molecule is CC(=O)c1sc(NC(=O)CN2C(=O)C(C)Oc3ccc(-c4nc(C)sc4C)cc32)nc1C. The van der Waals surface area contributed by atoms with Crippen LogP contribution in [0.4, 0.5) is 10.8 Å². The molecule has 0 aliphatic carbocycles. The summed E-state index contributed by atoms with van der Waals surface area (Å²) in [5.74, 6) is -0.294. The molecule has 0 bridgehead atoms. The van der Waals surface area contributed by atoms with E-state index < -0.39 is 12.0 Å². The van der Waals surface area contributed by atoms with Gasteiger partial charge >= 0.3 is 0 Å². The van der Waals surface area contributed by atoms with E-state index in [4.69, 9.17) is 4.74 Å². The Labute approximate surface area is 193 Å². The number of amides is 2. The van der Waals surface area contributed by atoms with Crippen molar-refractivity contribution in [1.82, 2.24) is 9.97 Å². The molecular weight excluding hydrogens is 448 g/mol. The molecule has 1 N–H and O–H groups in total. The number of aromatic nitrogens is 2. The van der Waals surface area contributed by atoms with Crippen molar-refractivity contribution in [1.29, 1.82) is 0 Å². The number of ketones is 1. The van der Waals surface area contributed by atoms with Gasteiger partial charge in [0.15, 0.2) is 17.0 Å². The number of rotatable bonds is 5. The Balaban J connectivity index is 1.62. The second-order valence-corrected chi connectivity index (χ2v) is 9.95. The molecule has 0 saturated carbocycles. The Kier molecular flexibility index (Phi) is 5.83. The Bertz CT molecular complexity index is 1250. The number of ether oxygens (including phenoxy) is 1. The lowest BCUT2D eigenvalue weighted by atomic mass is 10.1. The molecule has 3 aromatic rings. The lowest BCUT2D eigenvalue weighted by molar-refractivity contribution is -0.127. The zero-order valence-corrected chi connectivity index (χ0v) is 19.9. The summed E-state index contributed by atoms with van der Waals surface area (Å²) in [6.45, 7) is 8.57. The molecule has 32 heavy (non-hydrogen) atoms. The molecule has 3 heterocycles. The molecule has 8 nitrogen and oxygen atoms in total. The number of anilines is 2. The maximum atomic E-state index is 12.9. The Morgan fingerprint density at radius 2 is 1.94 bits per heavy atom. The van der Waals surface area contributed by atoms with Crippen molar-refractivity contribution >= 4 is 51.1 Å². The standard InChI is InChI=1S/C22H22N4O4S2/c1-10-20(11(2)27)32-22(23-10)25-18(28)9-26-16-8-15(19-13(4)31-14(5)24-19)6-7-17(16)30-12(3)21(26)29/h6-8,12H,9H2,1-5H3,(H,23,25,28). The van der Waals surface area contributed by atoms with Gasteiger partial charge in [-0.3, -0.25) is 19.3 Å². The minimum atomic E-state index is -0.712. The van der Waals surface area contributed by atoms with Crippen LogP contribution in [0.5, 0.6) is 5.75 Å². The van der Waals surface area contributed by atoms with Crippen molar-refractivity contribution in [2.24, 2.45) is 0 Å². The minimum absolute atomic E-state index is 0.105. The van der Waals surface area contributed by atoms with Crippen LogP contribution in [0.15, 0.2) is 18.2 Å². The topological polar surface area (TPSA) is 101 Å². The molecular formula is C22H22N4O4S2. The monoisotopic (exact) mass is 470 g/mol. The van der Waals surface area contributed by atoms with E-state index in [0.29, 0.717) is 27.1 Å². The number of thiazole rings is 2. The molecule has 1 aliphatic rings. The van der Waals surface area contributed by atoms with Crippen LogP contribution in [0.25, 0.3) is 11.3 Å². The van der Waals surface area contributed by atoms with Gasteiger partial charge in [0.05, 0.1) is 27.0 Å². The van der Waals surface area contributed by atoms with Crippen LogP contribution in [0, 0.1) is 20.8 Å². The number of nitrogens with one attached hydrogen (secondary N) is 1. The fourth-order valence-corrected chi connectivity index (χ4v) is 5.31. The predicted octanol–water partition coefficient (Wildman–Crippen LogP) is 4.15. The number of fused-ring (bicyclic) bond motifs is 1. The van der Waals surface area contributed by atoms with E-state index >= 15 is 0 Å². The molecule has 0 spiro atoms. The van der Waals surface area contributed by atoms with Crippen LogP contribution >= 0.6 is 22.7 Å². The number of carbonyl (C=O) groups excluding carboxylic acids is 3. The first-order chi connectivity index (χ1) is 15.1. The summed E-state index contributed by atoms with van der Waals surface area (Å²) in [6, 6.07) is 5.54. The van der Waals surface area contributed by atoms with Crippen LogP contribution in [0.1, 0.15) is 39.1 Å². The number of carbonyl (C=O) groups is 3. The smallest absolute Gasteiger partial charge is 0.268 e. The van der Waals surface area contributed by atoms with Crippen molar-refractivity contribution in [2.45, 2.75) is 40.7 Å². The lowest BCUT2D eigenvalue weighted by Crippen LogP contribution is -2.47. The van der Waals surface area contributed by atoms with Gasteiger partial charge in [-0.2, -0.15) is 0 Å². The number of hydrogen-bond acceptors (Lipinski definition) is 8. The fourth-order valence-electron chi connectivity index (χ4n) is 3.59. The second kappa shape index (κ2) is 8.44. The predicted molar refractivity (Wildman–Crippen MR) is 125 cm³/mol. The summed E-state index contributed by atoms with van der Waals surface area (Å²) in [6.07, 6.45) is -0.712. The van der Waals surface area contributed by atoms with Crippen molar-refractivity contribution in [3.8, 4) is 17.0 Å². The molecule has 0 radical (unpaired) electrons. The maximum Gasteiger partial charge on any atom is 0.268 e. The third kappa shape index (κ3) is 4.15. The van der Waals surface area contributed by atoms with E-state index in [1.54, 1.807) is 31.3 Å². The molecule has 4 rings (SSSR count). The first-order valence-corrected chi connectivity index (χ1v) is 11.6. The van der Waals surface area contributed by atoms with Crippen LogP contribution in [-0.4, -0.2) is 40.2 Å². The molecule has 2 amide bonds. The number of hydrogen-bond donors (Lipinski definition) is 1. The lowest BCUT2D eigenvalue weighted by Gasteiger charge is -2.32. The van der Waals surface area contributed by atoms with Crippen molar-refractivity contribution in [2.75, 3.05) is 16.8 Å². The first kappa shape index (κ1) is 22.1. The van der Waals surface area contributed by atoms with E-state index in [1.807, 2.05) is 26.0 Å². The van der Waals surface area contributed by atoms with Gasteiger partial charge in [-0.25, -0.2) is 9.97 Å². The Morgan fingerprint density at radius 3 is 2.56 bits per heavy atom. The second-order valence-electron chi connectivity index (χ2n) is 7.54. The molecule has 1 aliphatic heterocycles. The van der Waals surface area contributed by atoms with Gasteiger partial charge in [-0.1, -0.05) is 11.3 Å². The molecule has 0 fully saturated rings. The third-order valence-corrected chi connectivity index (χ3v) is 7.07. The maximum absolute atomic E-state index is 12.9. The van der Waals surface area contributed by atoms with E-state index in [-0.39, 0.29) is 18.2 Å². The molecule has 1 atom stereocenters. The van der Waals surface area contributed by atoms with Crippen LogP contribution < -0.4 is 15.0 Å². The third-order valence-electron chi connectivity index (χ3n) is 5.01. The van der Waals surface area contributed by atoms with Gasteiger partial charge < -0.3 is 10.1 Å². The van der Waals surface area contributed by atoms with E-state index in [1.165, 1.54) is 11.8 Å². The van der Waals surface area contributed by atoms with Crippen LogP contribution in [0.3, 0.4) is 0 Å². The van der Waals surface area contributed by atoms with Gasteiger partial charge in [0.2, 0.25) is 5.91 Å². The molecule has 0 saturated heterocycles. The largest absolute Gasteiger partial charge is 0.479 e. The summed E-state index contributed by atoms with van der Waals surface area (Å²) in [5.41, 5.74) is 2.78. The normalized spacial score (nSPS) is 15.3. The average Bonchev–Trinajstić information content (AvgIpc) is 3.26. The van der Waals surface area contributed by atoms with Gasteiger partial charge in [-0.15, -0.1) is 11.3 Å². The molecule has 166 valence electrons. The van der Waals surface area contributed by atoms with Crippen LogP contribution in [-0.2, 0) is 9.59 Å². The Morgan fingerprint density at radius 1 is 1.19 bits per heavy atom. The highest BCUT2D eigenvalue weighted by Crippen LogP contribution is 2.38. The number of benzene rings is 1. The van der Waals surface area contributed by atoms with Crippen molar-refractivity contribution < 1.29 is 19.1 Å². The van der Waals surface area contributed by atoms with E-state index in [9.17, 15) is 14.4 Å². The zero-order chi connectivity index (χ0) is 23.2. The molecule has 1 aromatic carbocycles. The van der Waals surface area contributed by atoms with Crippen molar-refractivity contribution in [3.63, 3.8) is 0 Å². The summed E-state index contributed by atoms with van der Waals surface area (Å²) in [7, 11) is 0. The average molecular weight is 471 g/mol. The zero-order valence-electron chi connectivity index (χ0n) is 18.3. The first-order valence-electron chi connectivity index (χ1n) is 9.98. The molecule has 10 heteroatoms. The van der Waals surface area contributed by atoms with Crippen molar-refractivity contribution in [3.05, 3.63) is 38.7 Å². The van der Waals surface area contributed by atoms with Gasteiger partial charge in [-0.05, 0) is 45.9 Å². The number of Topliss-reactive ketones (excluding diaryl/α,β-unsaturated/α-hetero) is 1. The van der Waals surface area contributed by atoms with Crippen LogP contribution in [0.2, 0.25) is 0 Å². The molecule has 2 aromatic heterocycles. The highest BCUT2D eigenvalue weighted by Gasteiger charge is 2.33. The molecule has 1 unspecified atom stereocenters. The van der Waals surface area contributed by atoms with E-state index in [2.05, 4.69) is 15.3 Å². The van der Waals surface area contributed by atoms with E-state index in [0.717, 1.165) is 32.5 Å².